The zero-order chi connectivity index (χ0) is 88.9. The van der Waals surface area contributed by atoms with Gasteiger partial charge in [0.15, 0.2) is 0 Å². The molecule has 15 N–H and O–H groups in total. The van der Waals surface area contributed by atoms with Gasteiger partial charge in [-0.1, -0.05) is 111 Å². The summed E-state index contributed by atoms with van der Waals surface area (Å²) in [6, 6.07) is 53.0. The van der Waals surface area contributed by atoms with Crippen molar-refractivity contribution in [3.05, 3.63) is 231 Å². The first kappa shape index (κ1) is 99.7. The number of nitrogen functional groups attached to an aromatic ring is 1. The molecule has 4 fully saturated rings. The van der Waals surface area contributed by atoms with Crippen molar-refractivity contribution in [2.75, 3.05) is 102 Å². The molecule has 11 heterocycles. The number of epoxide rings is 3. The molecule has 19 rings (SSSR count). The molecule has 0 saturated carbocycles. The van der Waals surface area contributed by atoms with Gasteiger partial charge in [0.25, 0.3) is 19.2 Å². The third-order valence-corrected chi connectivity index (χ3v) is 23.5. The number of aliphatic hydroxyl groups is 2. The topological polar surface area (TPSA) is 481 Å². The molecule has 0 radical (unpaired) electrons. The summed E-state index contributed by atoms with van der Waals surface area (Å²) >= 11 is 0. The fourth-order valence-corrected chi connectivity index (χ4v) is 16.2. The number of carbonyl (C=O) groups is 3. The molecule has 8 aliphatic rings. The van der Waals surface area contributed by atoms with E-state index >= 15 is 0 Å². The van der Waals surface area contributed by atoms with Gasteiger partial charge in [-0.2, -0.15) is 8.42 Å². The average Bonchev–Trinajstić information content (AvgIpc) is 1.64. The number of piperidine rings is 1. The van der Waals surface area contributed by atoms with Crippen molar-refractivity contribution in [2.45, 2.75) is 172 Å². The molecule has 2 amide bonds. The maximum Gasteiger partial charge on any atom is 0.410 e. The van der Waals surface area contributed by atoms with Gasteiger partial charge in [0, 0.05) is 186 Å². The molecule has 0 bridgehead atoms. The second-order valence-electron chi connectivity index (χ2n) is 32.9. The van der Waals surface area contributed by atoms with Gasteiger partial charge in [0.2, 0.25) is 0 Å². The Kier molecular flexibility index (Phi) is 36.5. The Balaban J connectivity index is 0.000000163. The highest BCUT2D eigenvalue weighted by Gasteiger charge is 2.32. The van der Waals surface area contributed by atoms with Crippen LogP contribution in [0.1, 0.15) is 120 Å². The Bertz CT molecular complexity index is 5560. The molecule has 32 nitrogen and oxygen atoms in total. The number of Topliss-reactive ketones (excluding diaryl/α,β-unsaturated/α-hetero) is 1. The van der Waals surface area contributed by atoms with Crippen LogP contribution in [-0.2, 0) is 104 Å². The van der Waals surface area contributed by atoms with Crippen LogP contribution >= 0.6 is 10.7 Å². The molecule has 1 aliphatic carbocycles. The summed E-state index contributed by atoms with van der Waals surface area (Å²) in [5, 5.41) is 60.3. The van der Waals surface area contributed by atoms with E-state index in [-0.39, 0.29) is 78.1 Å². The first-order valence-corrected chi connectivity index (χ1v) is 45.2. The van der Waals surface area contributed by atoms with E-state index in [1.54, 1.807) is 15.4 Å². The van der Waals surface area contributed by atoms with Crippen LogP contribution in [-0.4, -0.2) is 216 Å². The van der Waals surface area contributed by atoms with Crippen molar-refractivity contribution in [1.82, 2.24) is 45.7 Å². The highest BCUT2D eigenvalue weighted by molar-refractivity contribution is 8.13. The summed E-state index contributed by atoms with van der Waals surface area (Å²) in [4.78, 5) is 56.4. The summed E-state index contributed by atoms with van der Waals surface area (Å²) in [6.07, 6.45) is 8.67. The maximum absolute atomic E-state index is 12.2. The number of aromatic amines is 4. The van der Waals surface area contributed by atoms with Gasteiger partial charge in [-0.3, -0.25) is 29.2 Å². The number of anilines is 3. The van der Waals surface area contributed by atoms with Gasteiger partial charge in [-0.25, -0.2) is 18.0 Å². The van der Waals surface area contributed by atoms with Crippen LogP contribution in [0.25, 0.3) is 43.6 Å². The van der Waals surface area contributed by atoms with Crippen molar-refractivity contribution in [2.24, 2.45) is 5.73 Å². The van der Waals surface area contributed by atoms with E-state index in [9.17, 15) is 46.7 Å². The van der Waals surface area contributed by atoms with Crippen molar-refractivity contribution >= 4 is 108 Å². The van der Waals surface area contributed by atoms with Gasteiger partial charge in [0.05, 0.1) is 73.0 Å². The Labute approximate surface area is 740 Å². The molecule has 0 spiro atoms. The lowest BCUT2D eigenvalue weighted by molar-refractivity contribution is -0.121. The summed E-state index contributed by atoms with van der Waals surface area (Å²) in [7, 11) is -2.79. The molecule has 4 atom stereocenters. The number of β-amino-alcohol motifs (C(OH)–C–C–N with tert-alkyl or cyclic N) is 1. The number of aliphatic hydroxyl groups excluding tert-OH is 2. The monoisotopic (exact) mass is 1800 g/mol. The maximum atomic E-state index is 12.2. The van der Waals surface area contributed by atoms with Crippen molar-refractivity contribution < 1.29 is 79.7 Å². The fourth-order valence-electron chi connectivity index (χ4n) is 14.4. The number of amides is 2. The number of fused-ring (bicyclic) bond motifs is 12. The number of ether oxygens (including phenoxy) is 5. The van der Waals surface area contributed by atoms with Crippen molar-refractivity contribution in [1.29, 1.82) is 0 Å². The number of hydrogen-bond acceptors (Lipinski definition) is 26. The molecule has 126 heavy (non-hydrogen) atoms. The van der Waals surface area contributed by atoms with Crippen molar-refractivity contribution in [3.8, 4) is 0 Å². The number of nitrogens with two attached hydrogens (primary N) is 2. The number of para-hydroxylation sites is 5. The minimum absolute atomic E-state index is 0. The van der Waals surface area contributed by atoms with Gasteiger partial charge in [-0.05, 0) is 157 Å². The predicted octanol–water partition coefficient (Wildman–Crippen LogP) is 14.1. The van der Waals surface area contributed by atoms with E-state index in [0.717, 1.165) is 88.5 Å². The third-order valence-electron chi connectivity index (χ3n) is 20.9. The average molecular weight is 1800 g/mol. The quantitative estimate of drug-likeness (QED) is 0.0168. The number of H-pyrrole nitrogens is 4. The van der Waals surface area contributed by atoms with Crippen LogP contribution in [0.3, 0.4) is 0 Å². The molecule has 35 heteroatoms. The molecule has 11 aromatic rings. The lowest BCUT2D eigenvalue weighted by Crippen LogP contribution is -2.41. The Morgan fingerprint density at radius 3 is 1.36 bits per heavy atom. The van der Waals surface area contributed by atoms with Gasteiger partial charge in [-0.15, -0.1) is 0 Å². The van der Waals surface area contributed by atoms with Crippen LogP contribution in [0.4, 0.5) is 26.7 Å². The molecule has 4 saturated heterocycles. The number of ketones is 1. The first-order valence-electron chi connectivity index (χ1n) is 41.4. The van der Waals surface area contributed by atoms with Gasteiger partial charge in [0.1, 0.15) is 29.2 Å². The number of nitrogens with one attached hydrogen (secondary N) is 4. The lowest BCUT2D eigenvalue weighted by Gasteiger charge is -2.30. The Morgan fingerprint density at radius 1 is 0.532 bits per heavy atom. The fraction of sp³-hybridized carbons (Fsp3) is 0.418. The van der Waals surface area contributed by atoms with Gasteiger partial charge < -0.3 is 102 Å². The van der Waals surface area contributed by atoms with Crippen LogP contribution in [0.15, 0.2) is 186 Å². The predicted molar refractivity (Wildman–Crippen MR) is 488 cm³/mol. The molecule has 4 aromatic heterocycles. The number of aromatic nitrogens is 4. The molecule has 684 valence electrons. The van der Waals surface area contributed by atoms with Crippen LogP contribution < -0.4 is 28.1 Å². The summed E-state index contributed by atoms with van der Waals surface area (Å²) < 4.78 is 75.0. The third kappa shape index (κ3) is 30.3. The van der Waals surface area contributed by atoms with Gasteiger partial charge >= 0.3 is 12.2 Å². The zero-order valence-electron chi connectivity index (χ0n) is 71.4. The number of aryl methyl sites for hydroxylation is 2. The molecular formula is C91H120ClN13O19S2-2. The van der Waals surface area contributed by atoms with Crippen LogP contribution in [0.2, 0.25) is 0 Å². The number of likely N-dealkylation sites (tertiary alicyclic amines) is 1. The SMILES string of the molecule is C.CC(C)(C)OC(=O)N1CCC(=O)CC1.CC(C)(C)OC(=O)N1CCc2[nH]c3ccccc3c2C1.N.NCC(O)CN1CCc2[nH]c3ccccc3c2C1.Nc1ccccc1.O=S(=O)(Cl)c1cccc(N([O-])O)c1.O=S(=O)(OCC1CO1)c1cccc(N([O-])O)c1.OCC1CO1.c1ccc2c3c([nH]c2c1)CCCC3.c1ccc2c3c([nH]c2c1)CCN(CC1CO1)C3. The normalized spacial score (nSPS) is 17.4. The van der Waals surface area contributed by atoms with E-state index in [1.165, 1.54) is 140 Å². The second kappa shape index (κ2) is 46.1. The summed E-state index contributed by atoms with van der Waals surface area (Å²) in [5.74, 6) is 0.227. The number of hydrogen-bond donors (Lipinski definition) is 11. The first-order chi connectivity index (χ1) is 59.2. The lowest BCUT2D eigenvalue weighted by atomic mass is 9.96. The molecule has 7 aromatic carbocycles. The molecule has 4 unspecified atom stereocenters. The van der Waals surface area contributed by atoms with Crippen LogP contribution in [0, 0.1) is 10.4 Å². The highest BCUT2D eigenvalue weighted by atomic mass is 35.7. The standard InChI is InChI=1S/C16H20N2O2.C14H19N3O.C14H16N2O.C12H13N.C10H17NO3.C9H10NO6S.C6H5ClNO4S.C6H7N.C3H6O2.CH4.H3N/c1-16(2,3)20-15(19)18-9-8-14-12(10-18)11-6-4-5-7-13(11)17-14;15-7-10(18)8-17-6-5-14-12(9-17)11-3-1-2-4-13(11)16-14;1-2-4-13-11(3-1)12-8-16(7-10-9-17-10)6-5-14(12)15-13;1-3-7-11-9(5-1)10-6-2-4-8-12(10)13-11;1-10(2,3)14-9(13)11-6-4-8(12)5-7-11;11-10(12)7-2-1-3-9(4-7)17(13,14)16-6-8-5-15-8;7-13(11,12)6-3-1-2-5(4-6)8(9)10;7-6-4-2-1-3-5-6;4-1-3-2-5-3;;/h4-7,17H,8-10H2,1-3H3;1-4,10,16,18H,5-9,15H2;1-4,10,15H,5-9H2;1,3,5,7,13H,2,4,6,8H2;4-7H2,1-3H3;1-4,8,11H,5-6H2;1-4,9H;1-5H,7H2;3-4H,1-2H2;1H4;1H3/q;;;;;2*-1;;;;. The Hall–Kier alpha value is -10.1. The number of carbonyl (C=O) groups excluding carboxylic acids is 3. The van der Waals surface area contributed by atoms with E-state index < -0.39 is 46.9 Å². The Morgan fingerprint density at radius 2 is 0.929 bits per heavy atom. The minimum atomic E-state index is -3.93. The highest BCUT2D eigenvalue weighted by Crippen LogP contribution is 2.34. The number of halogens is 1. The second-order valence-corrected chi connectivity index (χ2v) is 37.1. The van der Waals surface area contributed by atoms with Crippen molar-refractivity contribution in [3.63, 3.8) is 0 Å². The van der Waals surface area contributed by atoms with Crippen LogP contribution in [0.5, 0.6) is 0 Å². The number of nitrogens with zero attached hydrogens (tertiary/aromatic N) is 6. The summed E-state index contributed by atoms with van der Waals surface area (Å²) in [5.41, 5.74) is 26.5. The van der Waals surface area contributed by atoms with E-state index in [0.29, 0.717) is 64.8 Å². The number of benzene rings is 7. The summed E-state index contributed by atoms with van der Waals surface area (Å²) in [6.45, 7) is 22.0. The molecular weight excluding hydrogens is 1680 g/mol. The van der Waals surface area contributed by atoms with E-state index in [2.05, 4.69) is 119 Å². The zero-order valence-corrected chi connectivity index (χ0v) is 73.8. The minimum Gasteiger partial charge on any atom is -0.733 e. The van der Waals surface area contributed by atoms with E-state index in [4.69, 9.17) is 60.8 Å². The smallest absolute Gasteiger partial charge is 0.410 e. The molecule has 7 aliphatic heterocycles. The number of rotatable bonds is 13. The largest absolute Gasteiger partial charge is 0.733 e. The van der Waals surface area contributed by atoms with E-state index in [1.807, 2.05) is 84.0 Å².